The molecule has 4 rings (SSSR count). The number of aromatic nitrogens is 3. The molecular formula is C20H21N3O3. The number of hydrogen-bond acceptors (Lipinski definition) is 4. The number of aromatic amines is 1. The third-order valence-electron chi connectivity index (χ3n) is 4.50. The van der Waals surface area contributed by atoms with Crippen molar-refractivity contribution in [3.05, 3.63) is 52.1 Å². The number of hydrogen-bond donors (Lipinski definition) is 1. The Bertz CT molecular complexity index is 1070. The van der Waals surface area contributed by atoms with E-state index in [1.165, 1.54) is 4.57 Å². The van der Waals surface area contributed by atoms with Crippen LogP contribution in [0.15, 0.2) is 35.3 Å². The summed E-state index contributed by atoms with van der Waals surface area (Å²) in [5.41, 5.74) is 2.40. The van der Waals surface area contributed by atoms with Gasteiger partial charge in [0.2, 0.25) is 0 Å². The molecule has 0 atom stereocenters. The van der Waals surface area contributed by atoms with E-state index in [0.29, 0.717) is 5.82 Å². The Hall–Kier alpha value is -2.89. The molecule has 0 saturated heterocycles. The summed E-state index contributed by atoms with van der Waals surface area (Å²) < 4.78 is 6.99. The Morgan fingerprint density at radius 1 is 1.23 bits per heavy atom. The Morgan fingerprint density at radius 2 is 2.00 bits per heavy atom. The Kier molecular flexibility index (Phi) is 3.72. The maximum Gasteiger partial charge on any atom is 0.419 e. The van der Waals surface area contributed by atoms with Crippen LogP contribution in [0.2, 0.25) is 0 Å². The normalized spacial score (nSPS) is 13.8. The van der Waals surface area contributed by atoms with Crippen LogP contribution in [0.3, 0.4) is 0 Å². The third-order valence-corrected chi connectivity index (χ3v) is 4.50. The summed E-state index contributed by atoms with van der Waals surface area (Å²) in [5.74, 6) is 0.495. The second-order valence-corrected chi connectivity index (χ2v) is 7.60. The molecule has 6 heteroatoms. The average Bonchev–Trinajstić information content (AvgIpc) is 3.17. The van der Waals surface area contributed by atoms with Gasteiger partial charge in [-0.1, -0.05) is 18.2 Å². The van der Waals surface area contributed by atoms with Crippen molar-refractivity contribution in [3.8, 4) is 11.4 Å². The van der Waals surface area contributed by atoms with Crippen molar-refractivity contribution in [2.45, 2.75) is 45.6 Å². The van der Waals surface area contributed by atoms with Crippen molar-refractivity contribution in [2.24, 2.45) is 0 Å². The predicted molar refractivity (Wildman–Crippen MR) is 99.4 cm³/mol. The number of para-hydroxylation sites is 1. The van der Waals surface area contributed by atoms with Crippen molar-refractivity contribution in [1.29, 1.82) is 0 Å². The van der Waals surface area contributed by atoms with Gasteiger partial charge < -0.3 is 9.72 Å². The SMILES string of the molecule is CC(C)(C)OC(=O)n1cc(-c2nc3c(c(=O)[nH]2)CCC3)c2ccccc21. The van der Waals surface area contributed by atoms with Crippen LogP contribution in [0.4, 0.5) is 4.79 Å². The fourth-order valence-electron chi connectivity index (χ4n) is 3.40. The van der Waals surface area contributed by atoms with Crippen LogP contribution < -0.4 is 5.56 Å². The molecule has 1 aromatic carbocycles. The van der Waals surface area contributed by atoms with Crippen molar-refractivity contribution >= 4 is 17.0 Å². The molecular weight excluding hydrogens is 330 g/mol. The third kappa shape index (κ3) is 2.81. The Balaban J connectivity index is 1.88. The molecule has 0 spiro atoms. The zero-order chi connectivity index (χ0) is 18.5. The van der Waals surface area contributed by atoms with Gasteiger partial charge in [0.25, 0.3) is 5.56 Å². The highest BCUT2D eigenvalue weighted by Gasteiger charge is 2.23. The van der Waals surface area contributed by atoms with Gasteiger partial charge in [0.15, 0.2) is 0 Å². The zero-order valence-corrected chi connectivity index (χ0v) is 15.1. The molecule has 0 bridgehead atoms. The van der Waals surface area contributed by atoms with Crippen molar-refractivity contribution in [1.82, 2.24) is 14.5 Å². The van der Waals surface area contributed by atoms with E-state index in [-0.39, 0.29) is 5.56 Å². The highest BCUT2D eigenvalue weighted by Crippen LogP contribution is 2.30. The van der Waals surface area contributed by atoms with Crippen LogP contribution in [0, 0.1) is 0 Å². The quantitative estimate of drug-likeness (QED) is 0.726. The summed E-state index contributed by atoms with van der Waals surface area (Å²) in [6.45, 7) is 5.49. The minimum atomic E-state index is -0.594. The molecule has 1 aliphatic rings. The number of aryl methyl sites for hydroxylation is 1. The number of carbonyl (C=O) groups excluding carboxylic acids is 1. The van der Waals surface area contributed by atoms with Crippen LogP contribution in [0.5, 0.6) is 0 Å². The standard InChI is InChI=1S/C20H21N3O3/c1-20(2,3)26-19(25)23-11-14(12-7-4-5-10-16(12)23)17-21-15-9-6-8-13(15)18(24)22-17/h4-5,7,10-11H,6,8-9H2,1-3H3,(H,21,22,24). The number of carbonyl (C=O) groups is 1. The molecule has 0 amide bonds. The number of fused-ring (bicyclic) bond motifs is 2. The van der Waals surface area contributed by atoms with E-state index < -0.39 is 11.7 Å². The van der Waals surface area contributed by atoms with E-state index in [1.54, 1.807) is 6.20 Å². The van der Waals surface area contributed by atoms with Crippen molar-refractivity contribution < 1.29 is 9.53 Å². The van der Waals surface area contributed by atoms with Crippen LogP contribution in [0.1, 0.15) is 38.4 Å². The van der Waals surface area contributed by atoms with E-state index in [0.717, 1.165) is 47.0 Å². The maximum atomic E-state index is 12.6. The van der Waals surface area contributed by atoms with Gasteiger partial charge >= 0.3 is 6.09 Å². The molecule has 0 saturated carbocycles. The van der Waals surface area contributed by atoms with Gasteiger partial charge in [-0.15, -0.1) is 0 Å². The van der Waals surface area contributed by atoms with Gasteiger partial charge in [-0.25, -0.2) is 9.78 Å². The number of benzene rings is 1. The molecule has 6 nitrogen and oxygen atoms in total. The highest BCUT2D eigenvalue weighted by atomic mass is 16.6. The molecule has 1 N–H and O–H groups in total. The molecule has 0 fully saturated rings. The molecule has 2 heterocycles. The molecule has 2 aromatic heterocycles. The van der Waals surface area contributed by atoms with Gasteiger partial charge in [0, 0.05) is 22.7 Å². The van der Waals surface area contributed by atoms with E-state index in [2.05, 4.69) is 9.97 Å². The molecule has 0 aliphatic heterocycles. The molecule has 0 radical (unpaired) electrons. The summed E-state index contributed by atoms with van der Waals surface area (Å²) in [7, 11) is 0. The van der Waals surface area contributed by atoms with Crippen LogP contribution >= 0.6 is 0 Å². The molecule has 134 valence electrons. The van der Waals surface area contributed by atoms with Gasteiger partial charge in [0.1, 0.15) is 11.4 Å². The largest absolute Gasteiger partial charge is 0.443 e. The second kappa shape index (κ2) is 5.83. The van der Waals surface area contributed by atoms with Gasteiger partial charge in [-0.3, -0.25) is 9.36 Å². The lowest BCUT2D eigenvalue weighted by Gasteiger charge is -2.19. The first-order valence-corrected chi connectivity index (χ1v) is 8.79. The number of ether oxygens (including phenoxy) is 1. The predicted octanol–water partition coefficient (Wildman–Crippen LogP) is 3.66. The molecule has 26 heavy (non-hydrogen) atoms. The van der Waals surface area contributed by atoms with E-state index in [9.17, 15) is 9.59 Å². The first kappa shape index (κ1) is 16.6. The number of H-pyrrole nitrogens is 1. The van der Waals surface area contributed by atoms with Crippen LogP contribution in [-0.2, 0) is 17.6 Å². The summed E-state index contributed by atoms with van der Waals surface area (Å²) in [4.78, 5) is 32.5. The lowest BCUT2D eigenvalue weighted by atomic mass is 10.1. The van der Waals surface area contributed by atoms with Crippen LogP contribution in [0.25, 0.3) is 22.3 Å². The molecule has 0 unspecified atom stereocenters. The lowest BCUT2D eigenvalue weighted by molar-refractivity contribution is 0.0544. The van der Waals surface area contributed by atoms with E-state index in [1.807, 2.05) is 45.0 Å². The van der Waals surface area contributed by atoms with Gasteiger partial charge in [0.05, 0.1) is 11.2 Å². The van der Waals surface area contributed by atoms with Gasteiger partial charge in [-0.2, -0.15) is 0 Å². The molecule has 3 aromatic rings. The fourth-order valence-corrected chi connectivity index (χ4v) is 3.40. The lowest BCUT2D eigenvalue weighted by Crippen LogP contribution is -2.26. The monoisotopic (exact) mass is 351 g/mol. The van der Waals surface area contributed by atoms with Crippen molar-refractivity contribution in [2.75, 3.05) is 0 Å². The second-order valence-electron chi connectivity index (χ2n) is 7.60. The maximum absolute atomic E-state index is 12.6. The first-order valence-electron chi connectivity index (χ1n) is 8.79. The Labute approximate surface area is 150 Å². The van der Waals surface area contributed by atoms with Gasteiger partial charge in [-0.05, 0) is 46.1 Å². The zero-order valence-electron chi connectivity index (χ0n) is 15.1. The summed E-state index contributed by atoms with van der Waals surface area (Å²) in [6.07, 6.45) is 3.78. The topological polar surface area (TPSA) is 77.0 Å². The summed E-state index contributed by atoms with van der Waals surface area (Å²) in [6, 6.07) is 7.54. The average molecular weight is 351 g/mol. The number of nitrogens with zero attached hydrogens (tertiary/aromatic N) is 2. The Morgan fingerprint density at radius 3 is 2.77 bits per heavy atom. The number of nitrogens with one attached hydrogen (secondary N) is 1. The summed E-state index contributed by atoms with van der Waals surface area (Å²) in [5, 5.41) is 0.847. The minimum Gasteiger partial charge on any atom is -0.443 e. The molecule has 1 aliphatic carbocycles. The minimum absolute atomic E-state index is 0.0865. The van der Waals surface area contributed by atoms with E-state index in [4.69, 9.17) is 4.74 Å². The van der Waals surface area contributed by atoms with Crippen LogP contribution in [-0.4, -0.2) is 26.2 Å². The van der Waals surface area contributed by atoms with Crippen molar-refractivity contribution in [3.63, 3.8) is 0 Å². The first-order chi connectivity index (χ1) is 12.3. The van der Waals surface area contributed by atoms with E-state index >= 15 is 0 Å². The fraction of sp³-hybridized carbons (Fsp3) is 0.350. The highest BCUT2D eigenvalue weighted by molar-refractivity contribution is 5.99. The smallest absolute Gasteiger partial charge is 0.419 e. The number of rotatable bonds is 1. The summed E-state index contributed by atoms with van der Waals surface area (Å²) >= 11 is 0.